The molecule has 0 saturated carbocycles. The van der Waals surface area contributed by atoms with E-state index in [0.29, 0.717) is 25.7 Å². The molecule has 4 atom stereocenters. The molecule has 0 aromatic heterocycles. The van der Waals surface area contributed by atoms with Gasteiger partial charge in [-0.3, -0.25) is 4.79 Å². The Morgan fingerprint density at radius 2 is 1.92 bits per heavy atom. The third-order valence-electron chi connectivity index (χ3n) is 4.71. The Bertz CT molecular complexity index is 432. The van der Waals surface area contributed by atoms with Crippen molar-refractivity contribution in [1.29, 1.82) is 0 Å². The van der Waals surface area contributed by atoms with Crippen LogP contribution in [0, 0.1) is 0 Å². The number of aliphatic hydroxyl groups is 2. The van der Waals surface area contributed by atoms with Crippen LogP contribution in [0.2, 0.25) is 0 Å². The number of carbonyl (C=O) groups is 1. The molecule has 1 saturated heterocycles. The Morgan fingerprint density at radius 3 is 2.65 bits per heavy atom. The Morgan fingerprint density at radius 1 is 1.19 bits per heavy atom. The molecule has 2 N–H and O–H groups in total. The molecule has 0 aliphatic carbocycles. The summed E-state index contributed by atoms with van der Waals surface area (Å²) >= 11 is 0. The van der Waals surface area contributed by atoms with Crippen LogP contribution >= 0.6 is 0 Å². The molecule has 150 valence electrons. The van der Waals surface area contributed by atoms with Crippen molar-refractivity contribution < 1.29 is 24.5 Å². The Labute approximate surface area is 158 Å². The largest absolute Gasteiger partial charge is 0.469 e. The zero-order valence-electron chi connectivity index (χ0n) is 16.3. The molecule has 26 heavy (non-hydrogen) atoms. The number of ether oxygens (including phenoxy) is 2. The molecule has 1 heterocycles. The Kier molecular flexibility index (Phi) is 12.3. The average molecular weight is 369 g/mol. The van der Waals surface area contributed by atoms with Crippen molar-refractivity contribution in [3.05, 3.63) is 24.3 Å². The van der Waals surface area contributed by atoms with Crippen LogP contribution in [0.3, 0.4) is 0 Å². The number of allylic oxidation sites excluding steroid dienone is 2. The molecule has 0 radical (unpaired) electrons. The van der Waals surface area contributed by atoms with Gasteiger partial charge >= 0.3 is 5.97 Å². The van der Waals surface area contributed by atoms with Crippen LogP contribution in [0.4, 0.5) is 0 Å². The molecule has 5 heteroatoms. The first-order valence-corrected chi connectivity index (χ1v) is 9.96. The SMILES string of the molecule is CCCCC/C=C\CC(O)C1C[C@H](O)[C@H](C/C=C\CCCC(=O)OC)O1. The highest BCUT2D eigenvalue weighted by Crippen LogP contribution is 2.26. The van der Waals surface area contributed by atoms with E-state index in [1.54, 1.807) is 0 Å². The average Bonchev–Trinajstić information content (AvgIpc) is 3.01. The van der Waals surface area contributed by atoms with E-state index < -0.39 is 12.2 Å². The van der Waals surface area contributed by atoms with Crippen molar-refractivity contribution >= 4 is 5.97 Å². The maximum atomic E-state index is 11.0. The molecule has 0 spiro atoms. The molecule has 1 rings (SSSR count). The summed E-state index contributed by atoms with van der Waals surface area (Å²) in [6.45, 7) is 2.18. The lowest BCUT2D eigenvalue weighted by Crippen LogP contribution is -2.25. The van der Waals surface area contributed by atoms with E-state index in [0.717, 1.165) is 19.3 Å². The number of hydrogen-bond donors (Lipinski definition) is 2. The minimum atomic E-state index is -0.568. The van der Waals surface area contributed by atoms with Gasteiger partial charge in [-0.2, -0.15) is 0 Å². The highest BCUT2D eigenvalue weighted by Gasteiger charge is 2.36. The van der Waals surface area contributed by atoms with Crippen molar-refractivity contribution in [2.75, 3.05) is 7.11 Å². The van der Waals surface area contributed by atoms with E-state index >= 15 is 0 Å². The van der Waals surface area contributed by atoms with Gasteiger partial charge in [0.25, 0.3) is 0 Å². The first kappa shape index (κ1) is 22.9. The van der Waals surface area contributed by atoms with Gasteiger partial charge in [-0.05, 0) is 38.5 Å². The summed E-state index contributed by atoms with van der Waals surface area (Å²) in [5.41, 5.74) is 0. The summed E-state index contributed by atoms with van der Waals surface area (Å²) in [6, 6.07) is 0. The lowest BCUT2D eigenvalue weighted by molar-refractivity contribution is -0.140. The number of esters is 1. The molecule has 2 unspecified atom stereocenters. The monoisotopic (exact) mass is 368 g/mol. The van der Waals surface area contributed by atoms with Gasteiger partial charge in [-0.25, -0.2) is 0 Å². The van der Waals surface area contributed by atoms with Crippen molar-refractivity contribution in [2.45, 2.75) is 95.5 Å². The normalized spacial score (nSPS) is 24.5. The minimum Gasteiger partial charge on any atom is -0.469 e. The van der Waals surface area contributed by atoms with Gasteiger partial charge < -0.3 is 19.7 Å². The van der Waals surface area contributed by atoms with Gasteiger partial charge in [0.05, 0.1) is 31.5 Å². The van der Waals surface area contributed by atoms with E-state index in [1.807, 2.05) is 18.2 Å². The van der Waals surface area contributed by atoms with Crippen LogP contribution in [0.15, 0.2) is 24.3 Å². The summed E-state index contributed by atoms with van der Waals surface area (Å²) in [5, 5.41) is 20.4. The number of hydrogen-bond acceptors (Lipinski definition) is 5. The third-order valence-corrected chi connectivity index (χ3v) is 4.71. The third kappa shape index (κ3) is 9.51. The molecular weight excluding hydrogens is 332 g/mol. The van der Waals surface area contributed by atoms with Gasteiger partial charge in [0, 0.05) is 12.8 Å². The van der Waals surface area contributed by atoms with E-state index in [4.69, 9.17) is 4.74 Å². The number of carbonyl (C=O) groups excluding carboxylic acids is 1. The minimum absolute atomic E-state index is 0.191. The summed E-state index contributed by atoms with van der Waals surface area (Å²) in [7, 11) is 1.39. The molecule has 1 aliphatic heterocycles. The van der Waals surface area contributed by atoms with Crippen LogP contribution in [-0.2, 0) is 14.3 Å². The standard InChI is InChI=1S/C21H36O5/c1-3-4-5-6-7-10-13-17(22)20-16-18(23)19(26-20)14-11-8-9-12-15-21(24)25-2/h7-8,10-11,17-20,22-23H,3-6,9,12-16H2,1-2H3/b10-7-,11-8-/t17?,18-,19-,20?/m0/s1. The summed E-state index contributed by atoms with van der Waals surface area (Å²) in [4.78, 5) is 11.0. The summed E-state index contributed by atoms with van der Waals surface area (Å²) in [6.07, 6.45) is 14.8. The van der Waals surface area contributed by atoms with Crippen LogP contribution in [0.25, 0.3) is 0 Å². The van der Waals surface area contributed by atoms with Crippen molar-refractivity contribution in [1.82, 2.24) is 0 Å². The second-order valence-corrected chi connectivity index (χ2v) is 6.96. The molecule has 0 aromatic carbocycles. The quantitative estimate of drug-likeness (QED) is 0.295. The first-order valence-electron chi connectivity index (χ1n) is 9.96. The van der Waals surface area contributed by atoms with Crippen LogP contribution in [0.5, 0.6) is 0 Å². The molecule has 1 aliphatic rings. The molecule has 1 fully saturated rings. The molecule has 0 amide bonds. The second kappa shape index (κ2) is 14.0. The lowest BCUT2D eigenvalue weighted by Gasteiger charge is -2.17. The molecule has 0 bridgehead atoms. The fourth-order valence-corrected chi connectivity index (χ4v) is 3.05. The lowest BCUT2D eigenvalue weighted by atomic mass is 10.0. The van der Waals surface area contributed by atoms with Gasteiger partial charge in [0.1, 0.15) is 0 Å². The first-order chi connectivity index (χ1) is 12.6. The van der Waals surface area contributed by atoms with Gasteiger partial charge in [0.2, 0.25) is 0 Å². The van der Waals surface area contributed by atoms with Gasteiger partial charge in [0.15, 0.2) is 0 Å². The van der Waals surface area contributed by atoms with Crippen molar-refractivity contribution in [3.8, 4) is 0 Å². The summed E-state index contributed by atoms with van der Waals surface area (Å²) < 4.78 is 10.4. The number of aliphatic hydroxyl groups excluding tert-OH is 2. The fourth-order valence-electron chi connectivity index (χ4n) is 3.05. The molecule has 5 nitrogen and oxygen atoms in total. The number of rotatable bonds is 13. The van der Waals surface area contributed by atoms with E-state index in [2.05, 4.69) is 17.7 Å². The smallest absolute Gasteiger partial charge is 0.305 e. The zero-order chi connectivity index (χ0) is 19.2. The van der Waals surface area contributed by atoms with Gasteiger partial charge in [-0.1, -0.05) is 44.1 Å². The number of methoxy groups -OCH3 is 1. The number of unbranched alkanes of at least 4 members (excludes halogenated alkanes) is 4. The summed E-state index contributed by atoms with van der Waals surface area (Å²) in [5.74, 6) is -0.191. The maximum Gasteiger partial charge on any atom is 0.305 e. The van der Waals surface area contributed by atoms with Crippen LogP contribution < -0.4 is 0 Å². The van der Waals surface area contributed by atoms with E-state index in [-0.39, 0.29) is 18.2 Å². The Hall–Kier alpha value is -1.17. The topological polar surface area (TPSA) is 76.0 Å². The van der Waals surface area contributed by atoms with Crippen LogP contribution in [-0.4, -0.2) is 47.7 Å². The molecular formula is C21H36O5. The van der Waals surface area contributed by atoms with E-state index in [1.165, 1.54) is 26.4 Å². The maximum absolute atomic E-state index is 11.0. The van der Waals surface area contributed by atoms with Crippen LogP contribution in [0.1, 0.15) is 71.1 Å². The van der Waals surface area contributed by atoms with Gasteiger partial charge in [-0.15, -0.1) is 0 Å². The predicted octanol–water partition coefficient (Wildman–Crippen LogP) is 3.68. The predicted molar refractivity (Wildman–Crippen MR) is 103 cm³/mol. The zero-order valence-corrected chi connectivity index (χ0v) is 16.3. The van der Waals surface area contributed by atoms with Crippen molar-refractivity contribution in [2.24, 2.45) is 0 Å². The highest BCUT2D eigenvalue weighted by molar-refractivity contribution is 5.69. The van der Waals surface area contributed by atoms with E-state index in [9.17, 15) is 15.0 Å². The second-order valence-electron chi connectivity index (χ2n) is 6.96. The van der Waals surface area contributed by atoms with Crippen molar-refractivity contribution in [3.63, 3.8) is 0 Å². The Balaban J connectivity index is 2.21. The fraction of sp³-hybridized carbons (Fsp3) is 0.762. The highest BCUT2D eigenvalue weighted by atomic mass is 16.5. The molecule has 0 aromatic rings.